The number of hydrogen-bond acceptors (Lipinski definition) is 6. The second-order valence-corrected chi connectivity index (χ2v) is 7.53. The molecule has 0 aliphatic carbocycles. The number of hydrogen-bond donors (Lipinski definition) is 1. The van der Waals surface area contributed by atoms with Crippen LogP contribution in [0.3, 0.4) is 0 Å². The summed E-state index contributed by atoms with van der Waals surface area (Å²) in [7, 11) is 0. The number of rotatable bonds is 5. The summed E-state index contributed by atoms with van der Waals surface area (Å²) < 4.78 is 16.9. The average molecular weight is 440 g/mol. The number of para-hydroxylation sites is 1. The van der Waals surface area contributed by atoms with Crippen molar-refractivity contribution in [1.82, 2.24) is 4.98 Å². The molecule has 164 valence electrons. The Morgan fingerprint density at radius 1 is 0.879 bits per heavy atom. The van der Waals surface area contributed by atoms with E-state index in [1.807, 2.05) is 36.4 Å². The van der Waals surface area contributed by atoms with Crippen LogP contribution >= 0.6 is 0 Å². The SMILES string of the molecule is NC(=O)C(OC(=O)c1cc(-c2ccc3c(c2)OCCO3)nc2ccccc12)c1ccccc1. The number of carbonyl (C=O) groups excluding carboxylic acids is 2. The number of primary amides is 1. The number of pyridine rings is 1. The third-order valence-electron chi connectivity index (χ3n) is 5.36. The number of aromatic nitrogens is 1. The van der Waals surface area contributed by atoms with E-state index in [0.717, 1.165) is 5.56 Å². The van der Waals surface area contributed by atoms with E-state index in [1.54, 1.807) is 42.5 Å². The van der Waals surface area contributed by atoms with Crippen LogP contribution in [0.1, 0.15) is 22.0 Å². The molecule has 7 nitrogen and oxygen atoms in total. The van der Waals surface area contributed by atoms with Crippen LogP contribution in [0.5, 0.6) is 11.5 Å². The minimum atomic E-state index is -1.21. The molecule has 2 heterocycles. The molecule has 0 saturated carbocycles. The summed E-state index contributed by atoms with van der Waals surface area (Å²) in [6.07, 6.45) is -1.21. The lowest BCUT2D eigenvalue weighted by atomic mass is 10.0. The fourth-order valence-electron chi connectivity index (χ4n) is 3.78. The minimum Gasteiger partial charge on any atom is -0.486 e. The number of benzene rings is 3. The molecule has 1 atom stereocenters. The number of ether oxygens (including phenoxy) is 3. The highest BCUT2D eigenvalue weighted by atomic mass is 16.6. The molecule has 5 rings (SSSR count). The fraction of sp³-hybridized carbons (Fsp3) is 0.115. The summed E-state index contributed by atoms with van der Waals surface area (Å²) in [5.74, 6) is -0.131. The molecule has 0 fully saturated rings. The zero-order valence-corrected chi connectivity index (χ0v) is 17.6. The quantitative estimate of drug-likeness (QED) is 0.470. The molecule has 0 spiro atoms. The van der Waals surface area contributed by atoms with Gasteiger partial charge in [-0.05, 0) is 30.3 Å². The predicted molar refractivity (Wildman–Crippen MR) is 122 cm³/mol. The van der Waals surface area contributed by atoms with Crippen molar-refractivity contribution in [3.63, 3.8) is 0 Å². The summed E-state index contributed by atoms with van der Waals surface area (Å²) in [5.41, 5.74) is 8.27. The van der Waals surface area contributed by atoms with Gasteiger partial charge in [0.05, 0.1) is 16.8 Å². The summed E-state index contributed by atoms with van der Waals surface area (Å²) in [6, 6.07) is 23.1. The van der Waals surface area contributed by atoms with Crippen LogP contribution in [0.15, 0.2) is 78.9 Å². The molecular weight excluding hydrogens is 420 g/mol. The minimum absolute atomic E-state index is 0.285. The molecule has 4 aromatic rings. The van der Waals surface area contributed by atoms with Gasteiger partial charge < -0.3 is 19.9 Å². The maximum atomic E-state index is 13.3. The second-order valence-electron chi connectivity index (χ2n) is 7.53. The van der Waals surface area contributed by atoms with Crippen LogP contribution in [0.25, 0.3) is 22.2 Å². The number of amides is 1. The first-order valence-electron chi connectivity index (χ1n) is 10.5. The van der Waals surface area contributed by atoms with E-state index in [4.69, 9.17) is 24.9 Å². The molecule has 1 aliphatic heterocycles. The van der Waals surface area contributed by atoms with E-state index in [1.165, 1.54) is 0 Å². The number of nitrogens with zero attached hydrogens (tertiary/aromatic N) is 1. The Hall–Kier alpha value is -4.39. The van der Waals surface area contributed by atoms with Gasteiger partial charge in [-0.25, -0.2) is 9.78 Å². The first kappa shape index (κ1) is 20.5. The average Bonchev–Trinajstić information content (AvgIpc) is 2.86. The lowest BCUT2D eigenvalue weighted by Gasteiger charge is -2.19. The molecule has 1 amide bonds. The first-order chi connectivity index (χ1) is 16.1. The Morgan fingerprint density at radius 2 is 1.61 bits per heavy atom. The standard InChI is InChI=1S/C26H20N2O5/c27-25(29)24(16-6-2-1-3-7-16)33-26(30)19-15-21(28-20-9-5-4-8-18(19)20)17-10-11-22-23(14-17)32-13-12-31-22/h1-11,14-15,24H,12-13H2,(H2,27,29). The zero-order valence-electron chi connectivity index (χ0n) is 17.6. The van der Waals surface area contributed by atoms with Crippen LogP contribution in [-0.2, 0) is 9.53 Å². The summed E-state index contributed by atoms with van der Waals surface area (Å²) >= 11 is 0. The maximum Gasteiger partial charge on any atom is 0.340 e. The molecular formula is C26H20N2O5. The van der Waals surface area contributed by atoms with Gasteiger partial charge in [0.15, 0.2) is 11.5 Å². The lowest BCUT2D eigenvalue weighted by molar-refractivity contribution is -0.127. The largest absolute Gasteiger partial charge is 0.486 e. The van der Waals surface area contributed by atoms with E-state index in [-0.39, 0.29) is 5.56 Å². The maximum absolute atomic E-state index is 13.3. The predicted octanol–water partition coefficient (Wildman–Crippen LogP) is 4.06. The number of carbonyl (C=O) groups is 2. The Kier molecular flexibility index (Phi) is 5.36. The van der Waals surface area contributed by atoms with Crippen LogP contribution in [0.2, 0.25) is 0 Å². The van der Waals surface area contributed by atoms with Crippen molar-refractivity contribution >= 4 is 22.8 Å². The Bertz CT molecular complexity index is 1350. The van der Waals surface area contributed by atoms with Crippen LogP contribution in [0, 0.1) is 0 Å². The second kappa shape index (κ2) is 8.63. The molecule has 1 aromatic heterocycles. The van der Waals surface area contributed by atoms with Crippen molar-refractivity contribution in [2.24, 2.45) is 5.73 Å². The number of nitrogens with two attached hydrogens (primary N) is 1. The van der Waals surface area contributed by atoms with Crippen molar-refractivity contribution < 1.29 is 23.8 Å². The number of fused-ring (bicyclic) bond motifs is 2. The highest BCUT2D eigenvalue weighted by Crippen LogP contribution is 2.35. The smallest absolute Gasteiger partial charge is 0.340 e. The summed E-state index contributed by atoms with van der Waals surface area (Å²) in [5, 5.41) is 0.611. The fourth-order valence-corrected chi connectivity index (χ4v) is 3.78. The molecule has 0 saturated heterocycles. The van der Waals surface area contributed by atoms with Gasteiger partial charge in [-0.15, -0.1) is 0 Å². The van der Waals surface area contributed by atoms with Crippen LogP contribution in [-0.4, -0.2) is 30.1 Å². The van der Waals surface area contributed by atoms with Crippen molar-refractivity contribution in [2.45, 2.75) is 6.10 Å². The molecule has 0 bridgehead atoms. The van der Waals surface area contributed by atoms with Gasteiger partial charge in [0.1, 0.15) is 13.2 Å². The third kappa shape index (κ3) is 4.08. The van der Waals surface area contributed by atoms with Crippen LogP contribution < -0.4 is 15.2 Å². The first-order valence-corrected chi connectivity index (χ1v) is 10.5. The third-order valence-corrected chi connectivity index (χ3v) is 5.36. The van der Waals surface area contributed by atoms with Crippen molar-refractivity contribution in [2.75, 3.05) is 13.2 Å². The van der Waals surface area contributed by atoms with Crippen LogP contribution in [0.4, 0.5) is 0 Å². The van der Waals surface area contributed by atoms with Gasteiger partial charge in [0.25, 0.3) is 5.91 Å². The summed E-state index contributed by atoms with van der Waals surface area (Å²) in [4.78, 5) is 30.0. The van der Waals surface area contributed by atoms with Gasteiger partial charge in [0.2, 0.25) is 6.10 Å². The Balaban J connectivity index is 1.56. The summed E-state index contributed by atoms with van der Waals surface area (Å²) in [6.45, 7) is 0.964. The topological polar surface area (TPSA) is 101 Å². The zero-order chi connectivity index (χ0) is 22.8. The van der Waals surface area contributed by atoms with E-state index in [0.29, 0.717) is 46.9 Å². The van der Waals surface area contributed by atoms with Gasteiger partial charge >= 0.3 is 5.97 Å². The molecule has 7 heteroatoms. The Morgan fingerprint density at radius 3 is 2.39 bits per heavy atom. The van der Waals surface area contributed by atoms with Crippen molar-refractivity contribution in [3.05, 3.63) is 90.0 Å². The van der Waals surface area contributed by atoms with E-state index in [9.17, 15) is 9.59 Å². The molecule has 1 unspecified atom stereocenters. The van der Waals surface area contributed by atoms with Gasteiger partial charge in [0, 0.05) is 16.5 Å². The monoisotopic (exact) mass is 440 g/mol. The highest BCUT2D eigenvalue weighted by Gasteiger charge is 2.25. The van der Waals surface area contributed by atoms with E-state index >= 15 is 0 Å². The normalized spacial score (nSPS) is 13.3. The highest BCUT2D eigenvalue weighted by molar-refractivity contribution is 6.05. The lowest BCUT2D eigenvalue weighted by Crippen LogP contribution is -2.26. The van der Waals surface area contributed by atoms with E-state index < -0.39 is 18.0 Å². The Labute approximate surface area is 189 Å². The molecule has 33 heavy (non-hydrogen) atoms. The van der Waals surface area contributed by atoms with Crippen molar-refractivity contribution in [1.29, 1.82) is 0 Å². The molecule has 3 aromatic carbocycles. The molecule has 2 N–H and O–H groups in total. The van der Waals surface area contributed by atoms with Gasteiger partial charge in [-0.2, -0.15) is 0 Å². The molecule has 1 aliphatic rings. The molecule has 0 radical (unpaired) electrons. The van der Waals surface area contributed by atoms with Crippen molar-refractivity contribution in [3.8, 4) is 22.8 Å². The van der Waals surface area contributed by atoms with E-state index in [2.05, 4.69) is 0 Å². The van der Waals surface area contributed by atoms with Gasteiger partial charge in [-0.1, -0.05) is 48.5 Å². The van der Waals surface area contributed by atoms with Gasteiger partial charge in [-0.3, -0.25) is 4.79 Å². The number of esters is 1.